The summed E-state index contributed by atoms with van der Waals surface area (Å²) < 4.78 is 38.1. The van der Waals surface area contributed by atoms with Gasteiger partial charge in [0.1, 0.15) is 0 Å². The van der Waals surface area contributed by atoms with E-state index in [1.807, 2.05) is 22.6 Å². The van der Waals surface area contributed by atoms with Crippen LogP contribution in [0.15, 0.2) is 28.3 Å². The molecule has 0 saturated heterocycles. The lowest BCUT2D eigenvalue weighted by Gasteiger charge is -2.06. The third kappa shape index (κ3) is 2.88. The van der Waals surface area contributed by atoms with Crippen molar-refractivity contribution in [3.05, 3.63) is 39.5 Å². The van der Waals surface area contributed by atoms with Crippen molar-refractivity contribution in [2.75, 3.05) is 0 Å². The number of hydrogen-bond acceptors (Lipinski definition) is 0. The average Bonchev–Trinajstić information content (AvgIpc) is 2.15. The molecular formula is C9H5ClF3I. The molecule has 0 radical (unpaired) electrons. The summed E-state index contributed by atoms with van der Waals surface area (Å²) >= 11 is 7.66. The number of halogens is 5. The molecule has 0 bridgehead atoms. The maximum absolute atomic E-state index is 12.2. The van der Waals surface area contributed by atoms with Gasteiger partial charge in [-0.05, 0) is 21.8 Å². The van der Waals surface area contributed by atoms with E-state index in [2.05, 4.69) is 0 Å². The molecule has 5 heteroatoms. The molecule has 0 atom stereocenters. The van der Waals surface area contributed by atoms with Crippen molar-refractivity contribution in [2.45, 2.75) is 6.18 Å². The van der Waals surface area contributed by atoms with Gasteiger partial charge in [0.05, 0.1) is 10.6 Å². The Hall–Kier alpha value is -0.230. The molecule has 1 aromatic rings. The first-order chi connectivity index (χ1) is 6.45. The van der Waals surface area contributed by atoms with Crippen molar-refractivity contribution >= 4 is 39.2 Å². The molecule has 76 valence electrons. The fourth-order valence-electron chi connectivity index (χ4n) is 0.881. The molecular weight excluding hydrogens is 327 g/mol. The lowest BCUT2D eigenvalue weighted by molar-refractivity contribution is -0.137. The lowest BCUT2D eigenvalue weighted by Crippen LogP contribution is -2.04. The van der Waals surface area contributed by atoms with Gasteiger partial charge >= 0.3 is 6.18 Å². The summed E-state index contributed by atoms with van der Waals surface area (Å²) in [5.41, 5.74) is -0.0896. The smallest absolute Gasteiger partial charge is 0.166 e. The summed E-state index contributed by atoms with van der Waals surface area (Å²) in [5, 5.41) is 0.430. The van der Waals surface area contributed by atoms with Gasteiger partial charge in [0.25, 0.3) is 0 Å². The molecule has 1 aromatic carbocycles. The largest absolute Gasteiger partial charge is 0.416 e. The minimum Gasteiger partial charge on any atom is -0.166 e. The first kappa shape index (κ1) is 11.8. The van der Waals surface area contributed by atoms with Gasteiger partial charge in [-0.25, -0.2) is 0 Å². The molecule has 0 aliphatic rings. The fraction of sp³-hybridized carbons (Fsp3) is 0.111. The third-order valence-electron chi connectivity index (χ3n) is 1.58. The van der Waals surface area contributed by atoms with Gasteiger partial charge in [0.2, 0.25) is 0 Å². The molecule has 0 saturated carbocycles. The van der Waals surface area contributed by atoms with Crippen LogP contribution in [0.3, 0.4) is 0 Å². The van der Waals surface area contributed by atoms with Crippen LogP contribution < -0.4 is 0 Å². The maximum atomic E-state index is 12.2. The Balaban J connectivity index is 3.01. The average molecular weight is 332 g/mol. The van der Waals surface area contributed by atoms with Crippen molar-refractivity contribution < 1.29 is 13.2 Å². The van der Waals surface area contributed by atoms with Crippen LogP contribution in [-0.4, -0.2) is 0 Å². The molecule has 0 aromatic heterocycles. The van der Waals surface area contributed by atoms with Crippen LogP contribution in [0, 0.1) is 0 Å². The second-order valence-electron chi connectivity index (χ2n) is 2.53. The maximum Gasteiger partial charge on any atom is 0.416 e. The number of rotatable bonds is 1. The van der Waals surface area contributed by atoms with Crippen LogP contribution >= 0.6 is 34.2 Å². The number of hydrogen-bond donors (Lipinski definition) is 0. The van der Waals surface area contributed by atoms with Gasteiger partial charge in [0.15, 0.2) is 0 Å². The molecule has 0 amide bonds. The SMILES string of the molecule is FC(F)(F)c1ccc(C(Cl)=CI)cc1. The van der Waals surface area contributed by atoms with Gasteiger partial charge < -0.3 is 0 Å². The quantitative estimate of drug-likeness (QED) is 0.655. The van der Waals surface area contributed by atoms with Gasteiger partial charge in [-0.3, -0.25) is 0 Å². The molecule has 0 spiro atoms. The van der Waals surface area contributed by atoms with Crippen LogP contribution in [0.4, 0.5) is 13.2 Å². The summed E-state index contributed by atoms with van der Waals surface area (Å²) in [6, 6.07) is 4.72. The highest BCUT2D eigenvalue weighted by Crippen LogP contribution is 2.30. The normalized spacial score (nSPS) is 13.1. The summed E-state index contributed by atoms with van der Waals surface area (Å²) in [5.74, 6) is 0. The molecule has 0 heterocycles. The Morgan fingerprint density at radius 2 is 1.71 bits per heavy atom. The second kappa shape index (κ2) is 4.53. The molecule has 0 unspecified atom stereocenters. The van der Waals surface area contributed by atoms with Crippen LogP contribution in [0.2, 0.25) is 0 Å². The molecule has 0 fully saturated rings. The minimum absolute atomic E-state index is 0.430. The predicted molar refractivity (Wildman–Crippen MR) is 59.3 cm³/mol. The van der Waals surface area contributed by atoms with E-state index in [1.54, 1.807) is 4.08 Å². The van der Waals surface area contributed by atoms with E-state index in [-0.39, 0.29) is 0 Å². The van der Waals surface area contributed by atoms with E-state index in [0.29, 0.717) is 10.6 Å². The molecule has 1 rings (SSSR count). The van der Waals surface area contributed by atoms with E-state index in [0.717, 1.165) is 12.1 Å². The van der Waals surface area contributed by atoms with E-state index in [1.165, 1.54) is 12.1 Å². The molecule has 0 aliphatic heterocycles. The van der Waals surface area contributed by atoms with E-state index in [9.17, 15) is 13.2 Å². The zero-order valence-electron chi connectivity index (χ0n) is 6.78. The zero-order valence-corrected chi connectivity index (χ0v) is 9.69. The highest BCUT2D eigenvalue weighted by Gasteiger charge is 2.29. The van der Waals surface area contributed by atoms with Crippen molar-refractivity contribution in [2.24, 2.45) is 0 Å². The number of benzene rings is 1. The Bertz CT molecular complexity index is 340. The summed E-state index contributed by atoms with van der Waals surface area (Å²) in [6.07, 6.45) is -4.29. The van der Waals surface area contributed by atoms with Crippen LogP contribution in [0.25, 0.3) is 5.03 Å². The van der Waals surface area contributed by atoms with Crippen molar-refractivity contribution in [1.82, 2.24) is 0 Å². The van der Waals surface area contributed by atoms with Gasteiger partial charge in [-0.1, -0.05) is 46.3 Å². The second-order valence-corrected chi connectivity index (χ2v) is 3.56. The van der Waals surface area contributed by atoms with Gasteiger partial charge in [-0.15, -0.1) is 0 Å². The Morgan fingerprint density at radius 3 is 2.07 bits per heavy atom. The van der Waals surface area contributed by atoms with Crippen molar-refractivity contribution in [1.29, 1.82) is 0 Å². The van der Waals surface area contributed by atoms with Crippen molar-refractivity contribution in [3.8, 4) is 0 Å². The van der Waals surface area contributed by atoms with E-state index >= 15 is 0 Å². The highest BCUT2D eigenvalue weighted by atomic mass is 127. The predicted octanol–water partition coefficient (Wildman–Crippen LogP) is 4.68. The van der Waals surface area contributed by atoms with Crippen molar-refractivity contribution in [3.63, 3.8) is 0 Å². The summed E-state index contributed by atoms with van der Waals surface area (Å²) in [7, 11) is 0. The molecule has 14 heavy (non-hydrogen) atoms. The lowest BCUT2D eigenvalue weighted by atomic mass is 10.1. The standard InChI is InChI=1S/C9H5ClF3I/c10-8(5-14)6-1-3-7(4-2-6)9(11,12)13/h1-5H. The molecule has 0 N–H and O–H groups in total. The molecule has 0 nitrogen and oxygen atoms in total. The third-order valence-corrected chi connectivity index (χ3v) is 2.90. The Kier molecular flexibility index (Phi) is 3.83. The van der Waals surface area contributed by atoms with Crippen LogP contribution in [-0.2, 0) is 6.18 Å². The van der Waals surface area contributed by atoms with Gasteiger partial charge in [0, 0.05) is 0 Å². The Labute approximate surface area is 97.9 Å². The van der Waals surface area contributed by atoms with E-state index < -0.39 is 11.7 Å². The highest BCUT2D eigenvalue weighted by molar-refractivity contribution is 14.1. The summed E-state index contributed by atoms with van der Waals surface area (Å²) in [6.45, 7) is 0. The number of alkyl halides is 3. The first-order valence-corrected chi connectivity index (χ1v) is 5.21. The van der Waals surface area contributed by atoms with E-state index in [4.69, 9.17) is 11.6 Å². The first-order valence-electron chi connectivity index (χ1n) is 3.58. The Morgan fingerprint density at radius 1 is 1.21 bits per heavy atom. The van der Waals surface area contributed by atoms with Crippen LogP contribution in [0.5, 0.6) is 0 Å². The van der Waals surface area contributed by atoms with Crippen LogP contribution in [0.1, 0.15) is 11.1 Å². The molecule has 0 aliphatic carbocycles. The zero-order chi connectivity index (χ0) is 10.8. The fourth-order valence-corrected chi connectivity index (χ4v) is 1.37. The summed E-state index contributed by atoms with van der Waals surface area (Å²) in [4.78, 5) is 0. The van der Waals surface area contributed by atoms with Gasteiger partial charge in [-0.2, -0.15) is 13.2 Å². The topological polar surface area (TPSA) is 0 Å². The monoisotopic (exact) mass is 332 g/mol. The minimum atomic E-state index is -4.29.